The molecule has 0 amide bonds. The van der Waals surface area contributed by atoms with Crippen LogP contribution in [0.25, 0.3) is 11.0 Å². The molecule has 0 radical (unpaired) electrons. The second-order valence-corrected chi connectivity index (χ2v) is 6.22. The fourth-order valence-corrected chi connectivity index (χ4v) is 2.46. The van der Waals surface area contributed by atoms with Crippen molar-refractivity contribution in [2.75, 3.05) is 6.54 Å². The summed E-state index contributed by atoms with van der Waals surface area (Å²) in [6.45, 7) is 10.2. The second-order valence-electron chi connectivity index (χ2n) is 6.22. The Morgan fingerprint density at radius 2 is 2.00 bits per heavy atom. The monoisotopic (exact) mass is 289 g/mol. The summed E-state index contributed by atoms with van der Waals surface area (Å²) in [7, 11) is 0. The minimum Gasteiger partial charge on any atom is -0.491 e. The van der Waals surface area contributed by atoms with Crippen LogP contribution in [0.3, 0.4) is 0 Å². The Balaban J connectivity index is 2.36. The number of ether oxygens (including phenoxy) is 1. The Hall–Kier alpha value is -1.55. The first-order valence-electron chi connectivity index (χ1n) is 7.87. The van der Waals surface area contributed by atoms with Crippen LogP contribution in [0, 0.1) is 5.92 Å². The van der Waals surface area contributed by atoms with Crippen LogP contribution >= 0.6 is 0 Å². The van der Waals surface area contributed by atoms with E-state index in [1.807, 2.05) is 26.0 Å². The van der Waals surface area contributed by atoms with Gasteiger partial charge in [0.2, 0.25) is 0 Å². The minimum atomic E-state index is 0.175. The molecule has 0 atom stereocenters. The van der Waals surface area contributed by atoms with Crippen molar-refractivity contribution in [1.82, 2.24) is 9.55 Å². The Bertz CT molecular complexity index is 587. The highest BCUT2D eigenvalue weighted by atomic mass is 16.5. The van der Waals surface area contributed by atoms with Crippen LogP contribution in [-0.4, -0.2) is 22.2 Å². The number of nitrogens with zero attached hydrogens (tertiary/aromatic N) is 2. The van der Waals surface area contributed by atoms with Crippen LogP contribution in [-0.2, 0) is 13.0 Å². The number of hydrogen-bond acceptors (Lipinski definition) is 3. The van der Waals surface area contributed by atoms with Crippen LogP contribution in [0.15, 0.2) is 18.2 Å². The first-order valence-corrected chi connectivity index (χ1v) is 7.87. The molecule has 0 bridgehead atoms. The Kier molecular flexibility index (Phi) is 5.23. The normalized spacial score (nSPS) is 11.8. The van der Waals surface area contributed by atoms with Crippen molar-refractivity contribution in [3.05, 3.63) is 24.0 Å². The van der Waals surface area contributed by atoms with Gasteiger partial charge in [0.25, 0.3) is 0 Å². The quantitative estimate of drug-likeness (QED) is 0.850. The number of rotatable bonds is 7. The molecule has 0 saturated heterocycles. The van der Waals surface area contributed by atoms with Gasteiger partial charge in [0.05, 0.1) is 17.1 Å². The Labute approximate surface area is 127 Å². The molecule has 116 valence electrons. The number of hydrogen-bond donors (Lipinski definition) is 1. The maximum absolute atomic E-state index is 5.76. The third-order valence-electron chi connectivity index (χ3n) is 3.47. The largest absolute Gasteiger partial charge is 0.491 e. The van der Waals surface area contributed by atoms with Crippen molar-refractivity contribution < 1.29 is 4.74 Å². The smallest absolute Gasteiger partial charge is 0.121 e. The topological polar surface area (TPSA) is 53.1 Å². The van der Waals surface area contributed by atoms with E-state index in [9.17, 15) is 0 Å². The fourth-order valence-electron chi connectivity index (χ4n) is 2.46. The average Bonchev–Trinajstić information content (AvgIpc) is 2.72. The molecule has 2 N–H and O–H groups in total. The van der Waals surface area contributed by atoms with E-state index in [4.69, 9.17) is 15.5 Å². The molecule has 1 aromatic carbocycles. The minimum absolute atomic E-state index is 0.175. The van der Waals surface area contributed by atoms with Gasteiger partial charge in [-0.15, -0.1) is 0 Å². The van der Waals surface area contributed by atoms with E-state index >= 15 is 0 Å². The summed E-state index contributed by atoms with van der Waals surface area (Å²) >= 11 is 0. The lowest BCUT2D eigenvalue weighted by Gasteiger charge is -2.11. The highest BCUT2D eigenvalue weighted by molar-refractivity contribution is 5.77. The van der Waals surface area contributed by atoms with Crippen LogP contribution in [0.1, 0.15) is 39.9 Å². The van der Waals surface area contributed by atoms with Crippen molar-refractivity contribution in [3.63, 3.8) is 0 Å². The highest BCUT2D eigenvalue weighted by Gasteiger charge is 2.12. The van der Waals surface area contributed by atoms with Crippen molar-refractivity contribution in [1.29, 1.82) is 0 Å². The van der Waals surface area contributed by atoms with E-state index in [2.05, 4.69) is 24.5 Å². The third kappa shape index (κ3) is 3.97. The molecule has 0 unspecified atom stereocenters. The Morgan fingerprint density at radius 1 is 1.24 bits per heavy atom. The van der Waals surface area contributed by atoms with Gasteiger partial charge < -0.3 is 15.0 Å². The molecule has 0 fully saturated rings. The molecule has 21 heavy (non-hydrogen) atoms. The molecule has 0 aliphatic rings. The summed E-state index contributed by atoms with van der Waals surface area (Å²) in [5.74, 6) is 2.64. The SMILES string of the molecule is CC(C)CCn1c(CCN)nc2cc(OC(C)C)ccc21. The van der Waals surface area contributed by atoms with E-state index in [0.717, 1.165) is 36.5 Å². The number of aromatic nitrogens is 2. The summed E-state index contributed by atoms with van der Waals surface area (Å²) in [4.78, 5) is 4.75. The zero-order chi connectivity index (χ0) is 15.4. The second kappa shape index (κ2) is 6.94. The number of benzene rings is 1. The summed E-state index contributed by atoms with van der Waals surface area (Å²) in [6.07, 6.45) is 2.13. The first-order chi connectivity index (χ1) is 10.0. The molecule has 2 rings (SSSR count). The molecule has 0 spiro atoms. The molecular weight excluding hydrogens is 262 g/mol. The predicted molar refractivity (Wildman–Crippen MR) is 87.7 cm³/mol. The van der Waals surface area contributed by atoms with Crippen LogP contribution in [0.4, 0.5) is 0 Å². The van der Waals surface area contributed by atoms with Gasteiger partial charge in [-0.1, -0.05) is 13.8 Å². The number of imidazole rings is 1. The van der Waals surface area contributed by atoms with Gasteiger partial charge in [-0.2, -0.15) is 0 Å². The Morgan fingerprint density at radius 3 is 2.62 bits per heavy atom. The maximum Gasteiger partial charge on any atom is 0.121 e. The van der Waals surface area contributed by atoms with E-state index in [1.54, 1.807) is 0 Å². The molecule has 2 aromatic rings. The van der Waals surface area contributed by atoms with Crippen molar-refractivity contribution in [2.24, 2.45) is 11.7 Å². The van der Waals surface area contributed by atoms with Gasteiger partial charge in [-0.05, 0) is 44.9 Å². The van der Waals surface area contributed by atoms with Gasteiger partial charge >= 0.3 is 0 Å². The summed E-state index contributed by atoms with van der Waals surface area (Å²) in [6, 6.07) is 6.17. The molecule has 1 heterocycles. The van der Waals surface area contributed by atoms with Gasteiger partial charge in [-0.25, -0.2) is 4.98 Å². The molecule has 0 aliphatic heterocycles. The zero-order valence-corrected chi connectivity index (χ0v) is 13.6. The van der Waals surface area contributed by atoms with Crippen molar-refractivity contribution in [3.8, 4) is 5.75 Å². The van der Waals surface area contributed by atoms with Crippen LogP contribution in [0.5, 0.6) is 5.75 Å². The lowest BCUT2D eigenvalue weighted by Crippen LogP contribution is -2.11. The van der Waals surface area contributed by atoms with Crippen molar-refractivity contribution >= 4 is 11.0 Å². The van der Waals surface area contributed by atoms with Crippen LogP contribution in [0.2, 0.25) is 0 Å². The first kappa shape index (κ1) is 15.8. The number of nitrogens with two attached hydrogens (primary N) is 1. The highest BCUT2D eigenvalue weighted by Crippen LogP contribution is 2.24. The summed E-state index contributed by atoms with van der Waals surface area (Å²) < 4.78 is 8.06. The molecule has 4 nitrogen and oxygen atoms in total. The average molecular weight is 289 g/mol. The van der Waals surface area contributed by atoms with Gasteiger partial charge in [0.1, 0.15) is 11.6 Å². The van der Waals surface area contributed by atoms with E-state index in [0.29, 0.717) is 12.5 Å². The van der Waals surface area contributed by atoms with Crippen molar-refractivity contribution in [2.45, 2.75) is 53.2 Å². The third-order valence-corrected chi connectivity index (χ3v) is 3.47. The number of fused-ring (bicyclic) bond motifs is 1. The van der Waals surface area contributed by atoms with Gasteiger partial charge in [0.15, 0.2) is 0 Å². The summed E-state index contributed by atoms with van der Waals surface area (Å²) in [5.41, 5.74) is 7.90. The molecule has 1 aromatic heterocycles. The maximum atomic E-state index is 5.76. The number of aryl methyl sites for hydroxylation is 1. The lowest BCUT2D eigenvalue weighted by molar-refractivity contribution is 0.242. The van der Waals surface area contributed by atoms with E-state index < -0.39 is 0 Å². The van der Waals surface area contributed by atoms with Gasteiger partial charge in [0, 0.05) is 19.0 Å². The molecule has 0 saturated carbocycles. The predicted octanol–water partition coefficient (Wildman–Crippen LogP) is 3.37. The lowest BCUT2D eigenvalue weighted by atomic mass is 10.1. The standard InChI is InChI=1S/C17H27N3O/c1-12(2)8-10-20-16-6-5-14(21-13(3)4)11-15(16)19-17(20)7-9-18/h5-6,11-13H,7-10,18H2,1-4H3. The fraction of sp³-hybridized carbons (Fsp3) is 0.588. The van der Waals surface area contributed by atoms with Crippen LogP contribution < -0.4 is 10.5 Å². The van der Waals surface area contributed by atoms with E-state index in [-0.39, 0.29) is 6.10 Å². The molecule has 0 aliphatic carbocycles. The summed E-state index contributed by atoms with van der Waals surface area (Å²) in [5, 5.41) is 0. The zero-order valence-electron chi connectivity index (χ0n) is 13.6. The molecule has 4 heteroatoms. The molecular formula is C17H27N3O. The van der Waals surface area contributed by atoms with Gasteiger partial charge in [-0.3, -0.25) is 0 Å². The van der Waals surface area contributed by atoms with E-state index in [1.165, 1.54) is 5.52 Å².